The number of nitrogens with zero attached hydrogens (tertiary/aromatic N) is 2. The summed E-state index contributed by atoms with van der Waals surface area (Å²) in [5.74, 6) is 0.354. The van der Waals surface area contributed by atoms with Crippen LogP contribution in [0.1, 0.15) is 16.2 Å². The molecule has 2 aromatic heterocycles. The maximum atomic E-state index is 12.7. The zero-order valence-electron chi connectivity index (χ0n) is 16.2. The van der Waals surface area contributed by atoms with Crippen molar-refractivity contribution in [1.29, 1.82) is 0 Å². The zero-order valence-corrected chi connectivity index (χ0v) is 16.2. The first-order valence-electron chi connectivity index (χ1n) is 9.79. The number of carbonyl (C=O) groups is 1. The Morgan fingerprint density at radius 1 is 1.13 bits per heavy atom. The molecule has 8 nitrogen and oxygen atoms in total. The number of amides is 1. The summed E-state index contributed by atoms with van der Waals surface area (Å²) in [4.78, 5) is 35.1. The van der Waals surface area contributed by atoms with Gasteiger partial charge in [-0.3, -0.25) is 9.69 Å². The van der Waals surface area contributed by atoms with E-state index in [0.717, 1.165) is 49.7 Å². The molecule has 152 valence electrons. The standard InChI is InChI=1S/C22H20N4O4/c27-21(16-11-14-3-1-2-4-19(14)30-22(16)28)23-15-5-6-17-18(12-15)25-20(24-17)13-26-7-9-29-10-8-26/h1-6,11-12H,7-10,13H2,(H,23,27)(H,24,25). The number of hydrogen-bond acceptors (Lipinski definition) is 6. The van der Waals surface area contributed by atoms with Gasteiger partial charge in [0.25, 0.3) is 5.91 Å². The molecule has 0 aliphatic carbocycles. The van der Waals surface area contributed by atoms with Crippen LogP contribution in [-0.2, 0) is 11.3 Å². The molecule has 0 atom stereocenters. The smallest absolute Gasteiger partial charge is 0.349 e. The first kappa shape index (κ1) is 18.5. The number of para-hydroxylation sites is 1. The average Bonchev–Trinajstić information content (AvgIpc) is 3.15. The van der Waals surface area contributed by atoms with Crippen molar-refractivity contribution in [2.75, 3.05) is 31.6 Å². The maximum absolute atomic E-state index is 12.7. The van der Waals surface area contributed by atoms with Crippen LogP contribution in [0.15, 0.2) is 57.7 Å². The Bertz CT molecular complexity index is 1290. The van der Waals surface area contributed by atoms with Crippen LogP contribution in [-0.4, -0.2) is 47.1 Å². The Balaban J connectivity index is 1.36. The SMILES string of the molecule is O=C(Nc1ccc2nc(CN3CCOCC3)[nH]c2c1)c1cc2ccccc2oc1=O. The van der Waals surface area contributed by atoms with Gasteiger partial charge in [-0.25, -0.2) is 9.78 Å². The molecule has 0 saturated carbocycles. The molecule has 4 aromatic rings. The first-order chi connectivity index (χ1) is 14.7. The number of anilines is 1. The number of H-pyrrole nitrogens is 1. The van der Waals surface area contributed by atoms with Gasteiger partial charge in [0.1, 0.15) is 17.0 Å². The fourth-order valence-electron chi connectivity index (χ4n) is 3.60. The van der Waals surface area contributed by atoms with Gasteiger partial charge in [-0.15, -0.1) is 0 Å². The third-order valence-corrected chi connectivity index (χ3v) is 5.15. The van der Waals surface area contributed by atoms with Crippen molar-refractivity contribution >= 4 is 33.6 Å². The van der Waals surface area contributed by atoms with Gasteiger partial charge in [0, 0.05) is 24.2 Å². The van der Waals surface area contributed by atoms with Crippen LogP contribution < -0.4 is 10.9 Å². The highest BCUT2D eigenvalue weighted by Gasteiger charge is 2.16. The van der Waals surface area contributed by atoms with Crippen LogP contribution in [0.3, 0.4) is 0 Å². The number of carbonyl (C=O) groups excluding carboxylic acids is 1. The van der Waals surface area contributed by atoms with Gasteiger partial charge >= 0.3 is 5.63 Å². The van der Waals surface area contributed by atoms with Gasteiger partial charge in [-0.1, -0.05) is 18.2 Å². The van der Waals surface area contributed by atoms with Crippen LogP contribution in [0.25, 0.3) is 22.0 Å². The van der Waals surface area contributed by atoms with E-state index >= 15 is 0 Å². The van der Waals surface area contributed by atoms with E-state index in [-0.39, 0.29) is 5.56 Å². The molecule has 3 heterocycles. The molecule has 5 rings (SSSR count). The lowest BCUT2D eigenvalue weighted by Gasteiger charge is -2.25. The van der Waals surface area contributed by atoms with Crippen molar-refractivity contribution in [1.82, 2.24) is 14.9 Å². The van der Waals surface area contributed by atoms with Crippen LogP contribution in [0.2, 0.25) is 0 Å². The van der Waals surface area contributed by atoms with Crippen molar-refractivity contribution < 1.29 is 13.9 Å². The molecule has 0 spiro atoms. The molecule has 2 aromatic carbocycles. The molecule has 30 heavy (non-hydrogen) atoms. The third kappa shape index (κ3) is 3.70. The van der Waals surface area contributed by atoms with Gasteiger partial charge < -0.3 is 19.5 Å². The molecule has 1 aliphatic heterocycles. The summed E-state index contributed by atoms with van der Waals surface area (Å²) in [6, 6.07) is 14.1. The second kappa shape index (κ2) is 7.74. The Labute approximate surface area is 171 Å². The van der Waals surface area contributed by atoms with Gasteiger partial charge in [0.15, 0.2) is 0 Å². The number of aromatic nitrogens is 2. The number of benzene rings is 2. The molecular formula is C22H20N4O4. The Morgan fingerprint density at radius 2 is 1.97 bits per heavy atom. The summed E-state index contributed by atoms with van der Waals surface area (Å²) in [5, 5.41) is 3.47. The summed E-state index contributed by atoms with van der Waals surface area (Å²) in [6.45, 7) is 3.95. The largest absolute Gasteiger partial charge is 0.422 e. The van der Waals surface area contributed by atoms with Crippen molar-refractivity contribution in [2.24, 2.45) is 0 Å². The van der Waals surface area contributed by atoms with Gasteiger partial charge in [-0.05, 0) is 30.3 Å². The highest BCUT2D eigenvalue weighted by Crippen LogP contribution is 2.19. The zero-order chi connectivity index (χ0) is 20.5. The second-order valence-corrected chi connectivity index (χ2v) is 7.24. The van der Waals surface area contributed by atoms with E-state index in [2.05, 4.69) is 20.2 Å². The number of rotatable bonds is 4. The molecular weight excluding hydrogens is 384 g/mol. The summed E-state index contributed by atoms with van der Waals surface area (Å²) in [7, 11) is 0. The molecule has 0 unspecified atom stereocenters. The van der Waals surface area contributed by atoms with E-state index in [9.17, 15) is 9.59 Å². The lowest BCUT2D eigenvalue weighted by molar-refractivity contribution is 0.0332. The predicted octanol–water partition coefficient (Wildman–Crippen LogP) is 2.75. The normalized spacial score (nSPS) is 14.9. The highest BCUT2D eigenvalue weighted by molar-refractivity contribution is 6.06. The monoisotopic (exact) mass is 404 g/mol. The minimum Gasteiger partial charge on any atom is -0.422 e. The number of hydrogen-bond donors (Lipinski definition) is 2. The van der Waals surface area contributed by atoms with Gasteiger partial charge in [0.2, 0.25) is 0 Å². The number of ether oxygens (including phenoxy) is 1. The summed E-state index contributed by atoms with van der Waals surface area (Å²) in [5.41, 5.74) is 1.96. The minimum absolute atomic E-state index is 0.0357. The van der Waals surface area contributed by atoms with E-state index in [0.29, 0.717) is 16.7 Å². The van der Waals surface area contributed by atoms with Crippen LogP contribution in [0.5, 0.6) is 0 Å². The first-order valence-corrected chi connectivity index (χ1v) is 9.79. The summed E-state index contributed by atoms with van der Waals surface area (Å²) < 4.78 is 10.6. The number of aromatic amines is 1. The third-order valence-electron chi connectivity index (χ3n) is 5.15. The number of imidazole rings is 1. The average molecular weight is 404 g/mol. The molecule has 1 aliphatic rings. The molecule has 1 saturated heterocycles. The van der Waals surface area contributed by atoms with E-state index < -0.39 is 11.5 Å². The van der Waals surface area contributed by atoms with Crippen LogP contribution >= 0.6 is 0 Å². The van der Waals surface area contributed by atoms with E-state index in [1.165, 1.54) is 0 Å². The minimum atomic E-state index is -0.665. The number of fused-ring (bicyclic) bond motifs is 2. The molecule has 2 N–H and O–H groups in total. The molecule has 1 fully saturated rings. The van der Waals surface area contributed by atoms with Gasteiger partial charge in [0.05, 0.1) is 30.8 Å². The maximum Gasteiger partial charge on any atom is 0.349 e. The van der Waals surface area contributed by atoms with E-state index in [1.54, 1.807) is 30.3 Å². The number of morpholine rings is 1. The lowest BCUT2D eigenvalue weighted by Crippen LogP contribution is -2.35. The van der Waals surface area contributed by atoms with E-state index in [4.69, 9.17) is 9.15 Å². The highest BCUT2D eigenvalue weighted by atomic mass is 16.5. The van der Waals surface area contributed by atoms with Gasteiger partial charge in [-0.2, -0.15) is 0 Å². The van der Waals surface area contributed by atoms with Crippen molar-refractivity contribution in [3.05, 3.63) is 70.3 Å². The molecule has 0 radical (unpaired) electrons. The lowest BCUT2D eigenvalue weighted by atomic mass is 10.1. The Kier molecular flexibility index (Phi) is 4.78. The quantitative estimate of drug-likeness (QED) is 0.508. The van der Waals surface area contributed by atoms with Crippen molar-refractivity contribution in [3.63, 3.8) is 0 Å². The Morgan fingerprint density at radius 3 is 2.83 bits per heavy atom. The molecule has 0 bridgehead atoms. The predicted molar refractivity (Wildman–Crippen MR) is 113 cm³/mol. The molecule has 1 amide bonds. The van der Waals surface area contributed by atoms with E-state index in [1.807, 2.05) is 18.2 Å². The number of nitrogens with one attached hydrogen (secondary N) is 2. The van der Waals surface area contributed by atoms with Crippen LogP contribution in [0.4, 0.5) is 5.69 Å². The van der Waals surface area contributed by atoms with Crippen LogP contribution in [0, 0.1) is 0 Å². The molecule has 8 heteroatoms. The van der Waals surface area contributed by atoms with Crippen molar-refractivity contribution in [2.45, 2.75) is 6.54 Å². The fraction of sp³-hybridized carbons (Fsp3) is 0.227. The topological polar surface area (TPSA) is 100 Å². The summed E-state index contributed by atoms with van der Waals surface area (Å²) >= 11 is 0. The van der Waals surface area contributed by atoms with Crippen molar-refractivity contribution in [3.8, 4) is 0 Å². The Hall–Kier alpha value is -3.49. The second-order valence-electron chi connectivity index (χ2n) is 7.24. The summed E-state index contributed by atoms with van der Waals surface area (Å²) in [6.07, 6.45) is 0. The fourth-order valence-corrected chi connectivity index (χ4v) is 3.60.